The highest BCUT2D eigenvalue weighted by atomic mass is 35.5. The van der Waals surface area contributed by atoms with Crippen molar-refractivity contribution in [2.24, 2.45) is 0 Å². The highest BCUT2D eigenvalue weighted by Gasteiger charge is 2.25. The van der Waals surface area contributed by atoms with Gasteiger partial charge in [0.1, 0.15) is 5.69 Å². The van der Waals surface area contributed by atoms with Crippen molar-refractivity contribution in [1.82, 2.24) is 9.97 Å². The molecule has 0 radical (unpaired) electrons. The Hall–Kier alpha value is -5.58. The zero-order chi connectivity index (χ0) is 37.6. The zero-order valence-corrected chi connectivity index (χ0v) is 30.8. The Labute approximate surface area is 322 Å². The van der Waals surface area contributed by atoms with Gasteiger partial charge in [0.15, 0.2) is 0 Å². The smallest absolute Gasteiger partial charge is 0.292 e. The van der Waals surface area contributed by atoms with Gasteiger partial charge in [-0.3, -0.25) is 19.7 Å². The maximum Gasteiger partial charge on any atom is 0.292 e. The van der Waals surface area contributed by atoms with Crippen molar-refractivity contribution in [3.8, 4) is 22.5 Å². The van der Waals surface area contributed by atoms with E-state index in [2.05, 4.69) is 10.6 Å². The predicted octanol–water partition coefficient (Wildman–Crippen LogP) is 11.8. The van der Waals surface area contributed by atoms with Gasteiger partial charge in [-0.25, -0.2) is 9.97 Å². The van der Waals surface area contributed by atoms with Gasteiger partial charge in [-0.2, -0.15) is 0 Å². The first-order valence-electron chi connectivity index (χ1n) is 16.0. The summed E-state index contributed by atoms with van der Waals surface area (Å²) in [7, 11) is 0. The van der Waals surface area contributed by atoms with Crippen LogP contribution in [-0.4, -0.2) is 26.7 Å². The number of benzene rings is 5. The molecule has 2 aromatic heterocycles. The molecule has 0 aliphatic heterocycles. The molecule has 0 unspecified atom stereocenters. The summed E-state index contributed by atoms with van der Waals surface area (Å²) in [4.78, 5) is 49.5. The molecule has 7 aromatic rings. The summed E-state index contributed by atoms with van der Waals surface area (Å²) in [6, 6.07) is 28.2. The number of carbonyl (C=O) groups is 2. The molecule has 9 nitrogen and oxygen atoms in total. The van der Waals surface area contributed by atoms with E-state index in [0.29, 0.717) is 81.1 Å². The Morgan fingerprint density at radius 3 is 1.57 bits per heavy atom. The minimum Gasteiger partial charge on any atom is -0.322 e. The van der Waals surface area contributed by atoms with Gasteiger partial charge in [0.25, 0.3) is 17.5 Å². The number of nitro groups is 1. The molecule has 0 aliphatic carbocycles. The molecular formula is C40H25Cl4N5O4. The van der Waals surface area contributed by atoms with E-state index >= 15 is 0 Å². The van der Waals surface area contributed by atoms with Crippen LogP contribution in [-0.2, 0) is 0 Å². The minimum absolute atomic E-state index is 0.130. The normalized spacial score (nSPS) is 11.1. The van der Waals surface area contributed by atoms with Crippen LogP contribution in [0.2, 0.25) is 20.1 Å². The third-order valence-electron chi connectivity index (χ3n) is 8.80. The minimum atomic E-state index is -0.625. The number of halogens is 4. The lowest BCUT2D eigenvalue weighted by molar-refractivity contribution is -0.383. The van der Waals surface area contributed by atoms with Crippen LogP contribution in [0.25, 0.3) is 44.3 Å². The first-order chi connectivity index (χ1) is 25.4. The number of rotatable bonds is 7. The number of nitro benzene ring substituents is 1. The fourth-order valence-electron chi connectivity index (χ4n) is 6.34. The van der Waals surface area contributed by atoms with Crippen LogP contribution in [0.15, 0.2) is 103 Å². The number of anilines is 2. The Morgan fingerprint density at radius 1 is 0.623 bits per heavy atom. The number of fused-ring (bicyclic) bond motifs is 2. The van der Waals surface area contributed by atoms with Gasteiger partial charge in [0, 0.05) is 43.7 Å². The molecule has 5 aromatic carbocycles. The number of para-hydroxylation sites is 2. The molecule has 0 atom stereocenters. The van der Waals surface area contributed by atoms with Crippen LogP contribution < -0.4 is 10.6 Å². The fraction of sp³-hybridized carbons (Fsp3) is 0.0500. The average molecular weight is 781 g/mol. The van der Waals surface area contributed by atoms with Crippen molar-refractivity contribution in [2.75, 3.05) is 10.6 Å². The second-order valence-corrected chi connectivity index (χ2v) is 13.8. The van der Waals surface area contributed by atoms with E-state index < -0.39 is 16.7 Å². The van der Waals surface area contributed by atoms with Gasteiger partial charge in [-0.1, -0.05) is 82.8 Å². The molecule has 0 saturated heterocycles. The summed E-state index contributed by atoms with van der Waals surface area (Å²) in [6.07, 6.45) is 0. The number of aromatic nitrogens is 2. The molecule has 2 amide bonds. The summed E-state index contributed by atoms with van der Waals surface area (Å²) in [5, 5.41) is 20.5. The van der Waals surface area contributed by atoms with Crippen LogP contribution in [0.1, 0.15) is 31.8 Å². The molecule has 262 valence electrons. The van der Waals surface area contributed by atoms with Crippen molar-refractivity contribution in [3.63, 3.8) is 0 Å². The average Bonchev–Trinajstić information content (AvgIpc) is 3.11. The number of hydrogen-bond donors (Lipinski definition) is 2. The van der Waals surface area contributed by atoms with Crippen molar-refractivity contribution in [2.45, 2.75) is 13.8 Å². The fourth-order valence-corrected chi connectivity index (χ4v) is 7.33. The number of amides is 2. The van der Waals surface area contributed by atoms with E-state index in [1.165, 1.54) is 18.2 Å². The Kier molecular flexibility index (Phi) is 9.76. The van der Waals surface area contributed by atoms with Crippen molar-refractivity contribution in [3.05, 3.63) is 156 Å². The van der Waals surface area contributed by atoms with E-state index in [1.807, 2.05) is 6.07 Å². The summed E-state index contributed by atoms with van der Waals surface area (Å²) in [6.45, 7) is 3.50. The molecule has 7 rings (SSSR count). The third-order valence-corrected chi connectivity index (χ3v) is 9.89. The molecular weight excluding hydrogens is 756 g/mol. The van der Waals surface area contributed by atoms with Crippen molar-refractivity contribution >= 4 is 97.1 Å². The van der Waals surface area contributed by atoms with E-state index in [4.69, 9.17) is 56.4 Å². The van der Waals surface area contributed by atoms with Gasteiger partial charge < -0.3 is 10.6 Å². The van der Waals surface area contributed by atoms with Gasteiger partial charge in [0.2, 0.25) is 0 Å². The van der Waals surface area contributed by atoms with Gasteiger partial charge in [-0.15, -0.1) is 0 Å². The monoisotopic (exact) mass is 779 g/mol. The summed E-state index contributed by atoms with van der Waals surface area (Å²) < 4.78 is 0. The van der Waals surface area contributed by atoms with Gasteiger partial charge in [0.05, 0.1) is 48.5 Å². The lowest BCUT2D eigenvalue weighted by Gasteiger charge is -2.17. The molecule has 0 bridgehead atoms. The Balaban J connectivity index is 1.28. The summed E-state index contributed by atoms with van der Waals surface area (Å²) in [5.74, 6) is -1.13. The molecule has 0 fully saturated rings. The van der Waals surface area contributed by atoms with Gasteiger partial charge >= 0.3 is 0 Å². The quantitative estimate of drug-likeness (QED) is 0.122. The SMILES string of the molecule is Cc1c(-c2ccc(Cl)cc2Cl)nc2ccccc2c1C(=O)Nc1ccc([N+](=O)[O-])c(NC(=O)c2c(C)c(-c3ccc(Cl)cc3Cl)nc3ccccc23)c1. The molecule has 0 aliphatic rings. The topological polar surface area (TPSA) is 127 Å². The largest absolute Gasteiger partial charge is 0.322 e. The summed E-state index contributed by atoms with van der Waals surface area (Å²) in [5.41, 5.74) is 4.47. The van der Waals surface area contributed by atoms with Crippen LogP contribution in [0.4, 0.5) is 17.1 Å². The van der Waals surface area contributed by atoms with E-state index in [0.717, 1.165) is 0 Å². The Morgan fingerprint density at radius 2 is 1.09 bits per heavy atom. The molecule has 2 N–H and O–H groups in total. The second-order valence-electron chi connectivity index (χ2n) is 12.1. The van der Waals surface area contributed by atoms with Crippen LogP contribution in [0.3, 0.4) is 0 Å². The summed E-state index contributed by atoms with van der Waals surface area (Å²) >= 11 is 25.4. The standard InChI is InChI=1S/C40H25Cl4N5O4/c1-20-35(27-7-3-5-9-31(27)46-37(20)25-14-11-22(41)17-29(25)43)39(50)45-24-13-16-34(49(52)53)33(19-24)48-40(51)36-21(2)38(26-15-12-23(42)18-30(26)44)47-32-10-6-4-8-28(32)36/h3-19H,1-2H3,(H,45,50)(H,48,51). The number of nitrogens with one attached hydrogen (secondary N) is 2. The first-order valence-corrected chi connectivity index (χ1v) is 17.5. The van der Waals surface area contributed by atoms with Gasteiger partial charge in [-0.05, 0) is 85.6 Å². The predicted molar refractivity (Wildman–Crippen MR) is 213 cm³/mol. The number of hydrogen-bond acceptors (Lipinski definition) is 6. The highest BCUT2D eigenvalue weighted by Crippen LogP contribution is 2.38. The van der Waals surface area contributed by atoms with E-state index in [1.54, 1.807) is 92.7 Å². The molecule has 53 heavy (non-hydrogen) atoms. The van der Waals surface area contributed by atoms with Crippen molar-refractivity contribution in [1.29, 1.82) is 0 Å². The molecule has 0 spiro atoms. The highest BCUT2D eigenvalue weighted by molar-refractivity contribution is 6.37. The van der Waals surface area contributed by atoms with Crippen LogP contribution >= 0.6 is 46.4 Å². The molecule has 2 heterocycles. The molecule has 0 saturated carbocycles. The lowest BCUT2D eigenvalue weighted by Crippen LogP contribution is -2.18. The van der Waals surface area contributed by atoms with Crippen molar-refractivity contribution < 1.29 is 14.5 Å². The third kappa shape index (κ3) is 6.88. The number of pyridine rings is 2. The maximum atomic E-state index is 14.2. The van der Waals surface area contributed by atoms with Crippen LogP contribution in [0, 0.1) is 24.0 Å². The lowest BCUT2D eigenvalue weighted by atomic mass is 9.97. The zero-order valence-electron chi connectivity index (χ0n) is 27.8. The van der Waals surface area contributed by atoms with E-state index in [-0.39, 0.29) is 22.6 Å². The Bertz CT molecular complexity index is 2680. The molecule has 13 heteroatoms. The second kappa shape index (κ2) is 14.4. The van der Waals surface area contributed by atoms with Crippen LogP contribution in [0.5, 0.6) is 0 Å². The number of nitrogens with zero attached hydrogens (tertiary/aromatic N) is 3. The van der Waals surface area contributed by atoms with E-state index in [9.17, 15) is 19.7 Å². The first kappa shape index (κ1) is 35.8. The maximum absolute atomic E-state index is 14.2. The number of carbonyl (C=O) groups excluding carboxylic acids is 2.